The number of hydrogen-bond donors (Lipinski definition) is 2. The summed E-state index contributed by atoms with van der Waals surface area (Å²) in [5, 5.41) is 5.78. The molecule has 0 heterocycles. The van der Waals surface area contributed by atoms with Gasteiger partial charge in [0.2, 0.25) is 11.8 Å². The highest BCUT2D eigenvalue weighted by Crippen LogP contribution is 2.24. The maximum atomic E-state index is 12.1. The van der Waals surface area contributed by atoms with E-state index in [-0.39, 0.29) is 17.2 Å². The van der Waals surface area contributed by atoms with E-state index >= 15 is 0 Å². The highest BCUT2D eigenvalue weighted by Gasteiger charge is 2.16. The average molecular weight is 435 g/mol. The molecule has 0 atom stereocenters. The van der Waals surface area contributed by atoms with Crippen LogP contribution in [0.4, 0.5) is 11.4 Å². The van der Waals surface area contributed by atoms with Crippen molar-refractivity contribution in [2.75, 3.05) is 16.4 Å². The van der Waals surface area contributed by atoms with Crippen molar-refractivity contribution in [1.82, 2.24) is 0 Å². The number of thioether (sulfide) groups is 1. The molecule has 26 heavy (non-hydrogen) atoms. The fourth-order valence-corrected chi connectivity index (χ4v) is 3.25. The molecule has 2 aromatic rings. The molecule has 0 bridgehead atoms. The van der Waals surface area contributed by atoms with Crippen molar-refractivity contribution < 1.29 is 9.59 Å². The number of anilines is 2. The molecule has 2 aromatic carbocycles. The third kappa shape index (κ3) is 7.62. The lowest BCUT2D eigenvalue weighted by Crippen LogP contribution is -2.19. The summed E-state index contributed by atoms with van der Waals surface area (Å²) in [4.78, 5) is 25.1. The van der Waals surface area contributed by atoms with Gasteiger partial charge in [-0.25, -0.2) is 0 Å². The largest absolute Gasteiger partial charge is 0.326 e. The van der Waals surface area contributed by atoms with Crippen molar-refractivity contribution in [2.24, 2.45) is 5.41 Å². The van der Waals surface area contributed by atoms with Gasteiger partial charge in [0.15, 0.2) is 0 Å². The van der Waals surface area contributed by atoms with Gasteiger partial charge in [0.05, 0.1) is 5.75 Å². The molecular weight excluding hydrogens is 412 g/mol. The predicted molar refractivity (Wildman–Crippen MR) is 113 cm³/mol. The number of amides is 2. The molecule has 2 amide bonds. The quantitative estimate of drug-likeness (QED) is 0.585. The molecule has 0 aliphatic rings. The topological polar surface area (TPSA) is 58.2 Å². The normalized spacial score (nSPS) is 11.1. The van der Waals surface area contributed by atoms with Crippen LogP contribution in [0.3, 0.4) is 0 Å². The fraction of sp³-hybridized carbons (Fsp3) is 0.300. The third-order valence-corrected chi connectivity index (χ3v) is 4.83. The molecule has 0 aromatic heterocycles. The second kappa shape index (κ2) is 9.24. The van der Waals surface area contributed by atoms with Crippen molar-refractivity contribution >= 4 is 50.9 Å². The number of rotatable bonds is 6. The SMILES string of the molecule is CC(C)(C)CC(=O)Nc1cccc(SCC(=O)Nc2ccc(Br)cc2)c1. The number of carbonyl (C=O) groups is 2. The van der Waals surface area contributed by atoms with Crippen LogP contribution < -0.4 is 10.6 Å². The Hall–Kier alpha value is -1.79. The molecule has 0 saturated carbocycles. The number of halogens is 1. The zero-order valence-corrected chi connectivity index (χ0v) is 17.5. The second-order valence-electron chi connectivity index (χ2n) is 7.16. The first-order chi connectivity index (χ1) is 12.2. The number of nitrogens with one attached hydrogen (secondary N) is 2. The summed E-state index contributed by atoms with van der Waals surface area (Å²) < 4.78 is 0.968. The van der Waals surface area contributed by atoms with Gasteiger partial charge in [0, 0.05) is 27.2 Å². The number of carbonyl (C=O) groups excluding carboxylic acids is 2. The van der Waals surface area contributed by atoms with Crippen LogP contribution in [0.1, 0.15) is 27.2 Å². The molecule has 0 aliphatic heterocycles. The number of hydrogen-bond acceptors (Lipinski definition) is 3. The van der Waals surface area contributed by atoms with Crippen LogP contribution in [-0.2, 0) is 9.59 Å². The van der Waals surface area contributed by atoms with E-state index in [1.165, 1.54) is 11.8 Å². The molecule has 0 saturated heterocycles. The summed E-state index contributed by atoms with van der Waals surface area (Å²) in [6.07, 6.45) is 0.458. The lowest BCUT2D eigenvalue weighted by atomic mass is 9.92. The Kier molecular flexibility index (Phi) is 7.29. The Balaban J connectivity index is 1.86. The van der Waals surface area contributed by atoms with Crippen LogP contribution in [0, 0.1) is 5.41 Å². The Bertz CT molecular complexity index is 770. The lowest BCUT2D eigenvalue weighted by molar-refractivity contribution is -0.118. The molecule has 0 radical (unpaired) electrons. The Labute approximate surface area is 167 Å². The van der Waals surface area contributed by atoms with Gasteiger partial charge in [-0.2, -0.15) is 0 Å². The Morgan fingerprint density at radius 1 is 0.962 bits per heavy atom. The van der Waals surface area contributed by atoms with Crippen LogP contribution >= 0.6 is 27.7 Å². The zero-order chi connectivity index (χ0) is 19.2. The van der Waals surface area contributed by atoms with E-state index < -0.39 is 0 Å². The van der Waals surface area contributed by atoms with Gasteiger partial charge in [0.25, 0.3) is 0 Å². The molecule has 2 N–H and O–H groups in total. The molecular formula is C20H23BrN2O2S. The van der Waals surface area contributed by atoms with Crippen LogP contribution in [0.15, 0.2) is 57.9 Å². The maximum Gasteiger partial charge on any atom is 0.234 e. The van der Waals surface area contributed by atoms with Crippen molar-refractivity contribution in [3.8, 4) is 0 Å². The van der Waals surface area contributed by atoms with E-state index in [0.717, 1.165) is 20.7 Å². The zero-order valence-electron chi connectivity index (χ0n) is 15.1. The summed E-state index contributed by atoms with van der Waals surface area (Å²) in [5.74, 6) is 0.224. The fourth-order valence-electron chi connectivity index (χ4n) is 2.23. The maximum absolute atomic E-state index is 12.1. The molecule has 138 valence electrons. The van der Waals surface area contributed by atoms with Gasteiger partial charge >= 0.3 is 0 Å². The Morgan fingerprint density at radius 3 is 2.27 bits per heavy atom. The molecule has 0 unspecified atom stereocenters. The lowest BCUT2D eigenvalue weighted by Gasteiger charge is -2.17. The number of benzene rings is 2. The van der Waals surface area contributed by atoms with Gasteiger partial charge < -0.3 is 10.6 Å². The molecule has 0 fully saturated rings. The van der Waals surface area contributed by atoms with Crippen molar-refractivity contribution in [3.63, 3.8) is 0 Å². The molecule has 6 heteroatoms. The van der Waals surface area contributed by atoms with E-state index in [1.54, 1.807) is 0 Å². The van der Waals surface area contributed by atoms with Gasteiger partial charge in [0.1, 0.15) is 0 Å². The van der Waals surface area contributed by atoms with E-state index in [1.807, 2.05) is 69.3 Å². The van der Waals surface area contributed by atoms with Crippen molar-refractivity contribution in [2.45, 2.75) is 32.1 Å². The van der Waals surface area contributed by atoms with Crippen LogP contribution in [-0.4, -0.2) is 17.6 Å². The van der Waals surface area contributed by atoms with Gasteiger partial charge in [-0.1, -0.05) is 42.8 Å². The van der Waals surface area contributed by atoms with E-state index in [0.29, 0.717) is 12.2 Å². The first-order valence-electron chi connectivity index (χ1n) is 8.29. The van der Waals surface area contributed by atoms with Crippen LogP contribution in [0.5, 0.6) is 0 Å². The summed E-state index contributed by atoms with van der Waals surface area (Å²) in [5.41, 5.74) is 1.46. The summed E-state index contributed by atoms with van der Waals surface area (Å²) in [6, 6.07) is 15.0. The first-order valence-corrected chi connectivity index (χ1v) is 10.1. The summed E-state index contributed by atoms with van der Waals surface area (Å²) in [6.45, 7) is 6.09. The molecule has 0 spiro atoms. The smallest absolute Gasteiger partial charge is 0.234 e. The predicted octanol–water partition coefficient (Wildman–Crippen LogP) is 5.55. The second-order valence-corrected chi connectivity index (χ2v) is 9.12. The minimum absolute atomic E-state index is 0.00682. The first kappa shape index (κ1) is 20.5. The minimum Gasteiger partial charge on any atom is -0.326 e. The van der Waals surface area contributed by atoms with E-state index in [2.05, 4.69) is 26.6 Å². The van der Waals surface area contributed by atoms with E-state index in [4.69, 9.17) is 0 Å². The van der Waals surface area contributed by atoms with Gasteiger partial charge in [-0.15, -0.1) is 11.8 Å². The summed E-state index contributed by atoms with van der Waals surface area (Å²) in [7, 11) is 0. The van der Waals surface area contributed by atoms with Gasteiger partial charge in [-0.05, 0) is 47.9 Å². The van der Waals surface area contributed by atoms with Crippen LogP contribution in [0.2, 0.25) is 0 Å². The average Bonchev–Trinajstić information content (AvgIpc) is 2.54. The van der Waals surface area contributed by atoms with E-state index in [9.17, 15) is 9.59 Å². The van der Waals surface area contributed by atoms with Crippen molar-refractivity contribution in [3.05, 3.63) is 53.0 Å². The Morgan fingerprint density at radius 2 is 1.62 bits per heavy atom. The minimum atomic E-state index is -0.0699. The van der Waals surface area contributed by atoms with Gasteiger partial charge in [-0.3, -0.25) is 9.59 Å². The van der Waals surface area contributed by atoms with Crippen molar-refractivity contribution in [1.29, 1.82) is 0 Å². The third-order valence-electron chi connectivity index (χ3n) is 3.31. The monoisotopic (exact) mass is 434 g/mol. The molecule has 2 rings (SSSR count). The van der Waals surface area contributed by atoms with Crippen LogP contribution in [0.25, 0.3) is 0 Å². The highest BCUT2D eigenvalue weighted by atomic mass is 79.9. The standard InChI is InChI=1S/C20H23BrN2O2S/c1-20(2,3)12-18(24)23-16-5-4-6-17(11-16)26-13-19(25)22-15-9-7-14(21)8-10-15/h4-11H,12-13H2,1-3H3,(H,22,25)(H,23,24). The summed E-state index contributed by atoms with van der Waals surface area (Å²) >= 11 is 4.80. The highest BCUT2D eigenvalue weighted by molar-refractivity contribution is 9.10. The molecule has 4 nitrogen and oxygen atoms in total. The molecule has 0 aliphatic carbocycles.